The van der Waals surface area contributed by atoms with Gasteiger partial charge in [-0.15, -0.1) is 0 Å². The highest BCUT2D eigenvalue weighted by molar-refractivity contribution is 6.38. The molecular formula is C30H28F3N3O4. The Kier molecular flexibility index (Phi) is 8.98. The lowest BCUT2D eigenvalue weighted by Crippen LogP contribution is -2.53. The van der Waals surface area contributed by atoms with Crippen molar-refractivity contribution >= 4 is 23.5 Å². The molecule has 1 saturated heterocycles. The molecule has 1 fully saturated rings. The van der Waals surface area contributed by atoms with Crippen molar-refractivity contribution in [2.45, 2.75) is 50.6 Å². The highest BCUT2D eigenvalue weighted by atomic mass is 19.4. The molecule has 3 aromatic carbocycles. The van der Waals surface area contributed by atoms with Crippen LogP contribution in [0, 0.1) is 0 Å². The third kappa shape index (κ3) is 7.34. The highest BCUT2D eigenvalue weighted by Gasteiger charge is 2.38. The number of ketones is 1. The van der Waals surface area contributed by atoms with E-state index in [9.17, 15) is 32.3 Å². The van der Waals surface area contributed by atoms with Gasteiger partial charge in [0.05, 0.1) is 5.56 Å². The van der Waals surface area contributed by atoms with Gasteiger partial charge < -0.3 is 15.5 Å². The summed E-state index contributed by atoms with van der Waals surface area (Å²) in [5, 5.41) is 5.11. The topological polar surface area (TPSA) is 95.6 Å². The Hall–Kier alpha value is -4.47. The standard InChI is InChI=1S/C30H28F3N3O4/c31-30(32,33)23-13-11-21(12-14-23)18-34-29(40)27(38)24(17-20-7-3-1-4-8-20)35-28(39)25-15-16-26(37)36(25)19-22-9-5-2-6-10-22/h1-14,24-25H,15-19H2,(H,34,40)(H,35,39). The quantitative estimate of drug-likeness (QED) is 0.375. The minimum atomic E-state index is -4.48. The maximum absolute atomic E-state index is 13.3. The number of carbonyl (C=O) groups is 4. The number of likely N-dealkylation sites (tertiary alicyclic amines) is 1. The lowest BCUT2D eigenvalue weighted by Gasteiger charge is -2.26. The number of Topliss-reactive ketones (excluding diaryl/α,β-unsaturated/α-hetero) is 1. The summed E-state index contributed by atoms with van der Waals surface area (Å²) in [5.74, 6) is -2.59. The normalized spacial score (nSPS) is 15.9. The first-order valence-corrected chi connectivity index (χ1v) is 12.8. The van der Waals surface area contributed by atoms with Crippen LogP contribution in [0.3, 0.4) is 0 Å². The Balaban J connectivity index is 1.45. The van der Waals surface area contributed by atoms with Crippen molar-refractivity contribution in [1.82, 2.24) is 15.5 Å². The van der Waals surface area contributed by atoms with E-state index in [1.54, 1.807) is 30.3 Å². The zero-order chi connectivity index (χ0) is 28.7. The van der Waals surface area contributed by atoms with Crippen LogP contribution in [-0.4, -0.2) is 40.5 Å². The van der Waals surface area contributed by atoms with Gasteiger partial charge in [-0.2, -0.15) is 13.2 Å². The van der Waals surface area contributed by atoms with Crippen molar-refractivity contribution in [1.29, 1.82) is 0 Å². The molecule has 3 aromatic rings. The van der Waals surface area contributed by atoms with Crippen LogP contribution in [-0.2, 0) is 44.9 Å². The fourth-order valence-corrected chi connectivity index (χ4v) is 4.55. The molecule has 0 aliphatic carbocycles. The summed E-state index contributed by atoms with van der Waals surface area (Å²) in [6.45, 7) is 0.0688. The zero-order valence-corrected chi connectivity index (χ0v) is 21.5. The average Bonchev–Trinajstić information content (AvgIpc) is 3.31. The number of rotatable bonds is 10. The number of carbonyl (C=O) groups excluding carboxylic acids is 4. The molecule has 1 aliphatic rings. The Morgan fingerprint density at radius 3 is 2.05 bits per heavy atom. The van der Waals surface area contributed by atoms with Crippen LogP contribution < -0.4 is 10.6 Å². The van der Waals surface area contributed by atoms with Gasteiger partial charge in [-0.1, -0.05) is 72.8 Å². The molecule has 2 unspecified atom stereocenters. The molecule has 2 N–H and O–H groups in total. The molecule has 2 atom stereocenters. The largest absolute Gasteiger partial charge is 0.416 e. The number of amides is 3. The van der Waals surface area contributed by atoms with E-state index < -0.39 is 41.4 Å². The summed E-state index contributed by atoms with van der Waals surface area (Å²) in [6.07, 6.45) is -3.97. The van der Waals surface area contributed by atoms with Gasteiger partial charge in [0, 0.05) is 25.9 Å². The molecule has 0 radical (unpaired) electrons. The van der Waals surface area contributed by atoms with Gasteiger partial charge in [0.25, 0.3) is 5.91 Å². The molecule has 1 heterocycles. The van der Waals surface area contributed by atoms with E-state index in [1.165, 1.54) is 17.0 Å². The van der Waals surface area contributed by atoms with E-state index in [-0.39, 0.29) is 38.3 Å². The van der Waals surface area contributed by atoms with Crippen LogP contribution in [0.25, 0.3) is 0 Å². The minimum absolute atomic E-state index is 0.0401. The van der Waals surface area contributed by atoms with E-state index in [1.807, 2.05) is 30.3 Å². The Labute approximate surface area is 229 Å². The molecule has 3 amide bonds. The van der Waals surface area contributed by atoms with E-state index >= 15 is 0 Å². The maximum Gasteiger partial charge on any atom is 0.416 e. The number of alkyl halides is 3. The van der Waals surface area contributed by atoms with E-state index in [2.05, 4.69) is 10.6 Å². The highest BCUT2D eigenvalue weighted by Crippen LogP contribution is 2.29. The molecule has 40 heavy (non-hydrogen) atoms. The zero-order valence-electron chi connectivity index (χ0n) is 21.5. The fraction of sp³-hybridized carbons (Fsp3) is 0.267. The van der Waals surface area contributed by atoms with Crippen molar-refractivity contribution in [2.24, 2.45) is 0 Å². The lowest BCUT2D eigenvalue weighted by atomic mass is 10.0. The number of nitrogens with zero attached hydrogens (tertiary/aromatic N) is 1. The van der Waals surface area contributed by atoms with Gasteiger partial charge in [0.2, 0.25) is 17.6 Å². The molecule has 10 heteroatoms. The van der Waals surface area contributed by atoms with Gasteiger partial charge in [0.15, 0.2) is 0 Å². The number of hydrogen-bond acceptors (Lipinski definition) is 4. The van der Waals surface area contributed by atoms with E-state index in [0.29, 0.717) is 11.1 Å². The van der Waals surface area contributed by atoms with Crippen LogP contribution in [0.2, 0.25) is 0 Å². The number of hydrogen-bond donors (Lipinski definition) is 2. The van der Waals surface area contributed by atoms with Crippen molar-refractivity contribution in [3.63, 3.8) is 0 Å². The third-order valence-electron chi connectivity index (χ3n) is 6.70. The molecule has 4 rings (SSSR count). The van der Waals surface area contributed by atoms with Crippen LogP contribution in [0.5, 0.6) is 0 Å². The first-order valence-electron chi connectivity index (χ1n) is 12.8. The van der Waals surface area contributed by atoms with Crippen molar-refractivity contribution in [2.75, 3.05) is 0 Å². The third-order valence-corrected chi connectivity index (χ3v) is 6.70. The molecule has 7 nitrogen and oxygen atoms in total. The van der Waals surface area contributed by atoms with Crippen LogP contribution >= 0.6 is 0 Å². The summed E-state index contributed by atoms with van der Waals surface area (Å²) in [6, 6.07) is 20.3. The van der Waals surface area contributed by atoms with E-state index in [4.69, 9.17) is 0 Å². The Morgan fingerprint density at radius 1 is 0.850 bits per heavy atom. The molecule has 0 bridgehead atoms. The fourth-order valence-electron chi connectivity index (χ4n) is 4.55. The Morgan fingerprint density at radius 2 is 1.45 bits per heavy atom. The molecule has 0 aromatic heterocycles. The molecule has 1 aliphatic heterocycles. The molecule has 0 saturated carbocycles. The first-order chi connectivity index (χ1) is 19.1. The second kappa shape index (κ2) is 12.6. The van der Waals surface area contributed by atoms with Gasteiger partial charge in [0.1, 0.15) is 12.1 Å². The van der Waals surface area contributed by atoms with Crippen LogP contribution in [0.15, 0.2) is 84.9 Å². The smallest absolute Gasteiger partial charge is 0.345 e. The maximum atomic E-state index is 13.3. The molecule has 208 valence electrons. The number of benzene rings is 3. The van der Waals surface area contributed by atoms with Crippen LogP contribution in [0.4, 0.5) is 13.2 Å². The molecule has 0 spiro atoms. The predicted molar refractivity (Wildman–Crippen MR) is 140 cm³/mol. The van der Waals surface area contributed by atoms with Crippen LogP contribution in [0.1, 0.15) is 35.1 Å². The SMILES string of the molecule is O=C(NCc1ccc(C(F)(F)F)cc1)C(=O)C(Cc1ccccc1)NC(=O)C1CCC(=O)N1Cc1ccccc1. The van der Waals surface area contributed by atoms with Crippen molar-refractivity contribution in [3.8, 4) is 0 Å². The van der Waals surface area contributed by atoms with Gasteiger partial charge >= 0.3 is 6.18 Å². The lowest BCUT2D eigenvalue weighted by molar-refractivity contribution is -0.141. The average molecular weight is 552 g/mol. The van der Waals surface area contributed by atoms with Gasteiger partial charge in [-0.3, -0.25) is 19.2 Å². The van der Waals surface area contributed by atoms with Gasteiger partial charge in [-0.05, 0) is 35.2 Å². The van der Waals surface area contributed by atoms with Crippen molar-refractivity contribution < 1.29 is 32.3 Å². The summed E-state index contributed by atoms with van der Waals surface area (Å²) >= 11 is 0. The monoisotopic (exact) mass is 551 g/mol. The summed E-state index contributed by atoms with van der Waals surface area (Å²) in [4.78, 5) is 53.3. The molecular weight excluding hydrogens is 523 g/mol. The minimum Gasteiger partial charge on any atom is -0.345 e. The second-order valence-electron chi connectivity index (χ2n) is 9.55. The first kappa shape index (κ1) is 28.5. The van der Waals surface area contributed by atoms with E-state index in [0.717, 1.165) is 17.7 Å². The summed E-state index contributed by atoms with van der Waals surface area (Å²) in [7, 11) is 0. The summed E-state index contributed by atoms with van der Waals surface area (Å²) < 4.78 is 38.4. The Bertz CT molecular complexity index is 1350. The summed E-state index contributed by atoms with van der Waals surface area (Å²) in [5.41, 5.74) is 1.12. The van der Waals surface area contributed by atoms with Crippen molar-refractivity contribution in [3.05, 3.63) is 107 Å². The van der Waals surface area contributed by atoms with Gasteiger partial charge in [-0.25, -0.2) is 0 Å². The predicted octanol–water partition coefficient (Wildman–Crippen LogP) is 3.81. The number of halogens is 3. The second-order valence-corrected chi connectivity index (χ2v) is 9.55. The number of nitrogens with one attached hydrogen (secondary N) is 2.